The number of nitrogens with zero attached hydrogens (tertiary/aromatic N) is 1. The van der Waals surface area contributed by atoms with Crippen LogP contribution < -0.4 is 5.32 Å². The second-order valence-corrected chi connectivity index (χ2v) is 8.46. The molecule has 1 saturated heterocycles. The highest BCUT2D eigenvalue weighted by atomic mass is 79.9. The molecule has 6 heteroatoms. The van der Waals surface area contributed by atoms with Crippen LogP contribution in [0.4, 0.5) is 0 Å². The van der Waals surface area contributed by atoms with Crippen molar-refractivity contribution < 1.29 is 4.79 Å². The standard InChI is InChI=1S/C18H25BrN2OS.ClH/c1-2-21(18(22)6-3-13-7-9-20-12-13)16-8-10-23-17-5-4-14(19)11-15(16)17;/h4-5,11,13,16,20H,2-3,6-10,12H2,1H3;1H. The topological polar surface area (TPSA) is 32.3 Å². The maximum absolute atomic E-state index is 12.8. The first-order valence-corrected chi connectivity index (χ1v) is 10.4. The molecule has 0 spiro atoms. The molecule has 0 aromatic heterocycles. The van der Waals surface area contributed by atoms with E-state index in [1.807, 2.05) is 11.8 Å². The molecule has 2 atom stereocenters. The fraction of sp³-hybridized carbons (Fsp3) is 0.611. The zero-order chi connectivity index (χ0) is 16.2. The number of fused-ring (bicyclic) bond motifs is 1. The fourth-order valence-corrected chi connectivity index (χ4v) is 5.14. The Morgan fingerprint density at radius 1 is 1.42 bits per heavy atom. The van der Waals surface area contributed by atoms with E-state index in [9.17, 15) is 4.79 Å². The van der Waals surface area contributed by atoms with Gasteiger partial charge >= 0.3 is 0 Å². The van der Waals surface area contributed by atoms with Gasteiger partial charge in [-0.15, -0.1) is 24.2 Å². The van der Waals surface area contributed by atoms with Gasteiger partial charge in [-0.05, 0) is 69.0 Å². The van der Waals surface area contributed by atoms with Crippen LogP contribution in [0.25, 0.3) is 0 Å². The summed E-state index contributed by atoms with van der Waals surface area (Å²) < 4.78 is 1.10. The van der Waals surface area contributed by atoms with Gasteiger partial charge in [-0.3, -0.25) is 4.79 Å². The lowest BCUT2D eigenvalue weighted by molar-refractivity contribution is -0.134. The molecule has 1 aromatic rings. The van der Waals surface area contributed by atoms with Gasteiger partial charge in [-0.25, -0.2) is 0 Å². The van der Waals surface area contributed by atoms with E-state index in [0.29, 0.717) is 18.2 Å². The Labute approximate surface area is 163 Å². The third-order valence-corrected chi connectivity index (χ3v) is 6.56. The van der Waals surface area contributed by atoms with Crippen LogP contribution in [0.2, 0.25) is 0 Å². The summed E-state index contributed by atoms with van der Waals surface area (Å²) in [5, 5.41) is 3.39. The predicted octanol–water partition coefficient (Wildman–Crippen LogP) is 4.65. The Kier molecular flexibility index (Phi) is 7.92. The smallest absolute Gasteiger partial charge is 0.223 e. The minimum Gasteiger partial charge on any atom is -0.336 e. The van der Waals surface area contributed by atoms with Crippen LogP contribution in [0.1, 0.15) is 44.2 Å². The highest BCUT2D eigenvalue weighted by Crippen LogP contribution is 2.40. The molecule has 1 N–H and O–H groups in total. The number of carbonyl (C=O) groups is 1. The van der Waals surface area contributed by atoms with E-state index in [4.69, 9.17) is 0 Å². The molecular formula is C18H26BrClN2OS. The van der Waals surface area contributed by atoms with Gasteiger partial charge in [0, 0.05) is 28.1 Å². The third kappa shape index (κ3) is 4.69. The molecule has 2 unspecified atom stereocenters. The van der Waals surface area contributed by atoms with E-state index in [-0.39, 0.29) is 18.4 Å². The molecule has 3 rings (SSSR count). The molecule has 0 saturated carbocycles. The first kappa shape index (κ1) is 20.1. The van der Waals surface area contributed by atoms with E-state index in [1.165, 1.54) is 16.9 Å². The third-order valence-electron chi connectivity index (χ3n) is 4.95. The maximum Gasteiger partial charge on any atom is 0.223 e. The van der Waals surface area contributed by atoms with Gasteiger partial charge in [0.25, 0.3) is 0 Å². The molecule has 0 aliphatic carbocycles. The number of amides is 1. The molecule has 2 aliphatic heterocycles. The van der Waals surface area contributed by atoms with Crippen molar-refractivity contribution in [1.82, 2.24) is 10.2 Å². The summed E-state index contributed by atoms with van der Waals surface area (Å²) in [6.45, 7) is 5.09. The summed E-state index contributed by atoms with van der Waals surface area (Å²) >= 11 is 5.49. The Hall–Kier alpha value is -0.230. The summed E-state index contributed by atoms with van der Waals surface area (Å²) in [6, 6.07) is 6.71. The van der Waals surface area contributed by atoms with E-state index in [0.717, 1.165) is 42.7 Å². The monoisotopic (exact) mass is 432 g/mol. The summed E-state index contributed by atoms with van der Waals surface area (Å²) in [7, 11) is 0. The molecule has 1 aromatic carbocycles. The SMILES string of the molecule is CCN(C(=O)CCC1CCNC1)C1CCSc2ccc(Br)cc21.Cl. The molecule has 2 aliphatic rings. The van der Waals surface area contributed by atoms with Gasteiger partial charge in [0.2, 0.25) is 5.91 Å². The number of rotatable bonds is 5. The molecule has 0 radical (unpaired) electrons. The van der Waals surface area contributed by atoms with Gasteiger partial charge in [0.1, 0.15) is 0 Å². The largest absolute Gasteiger partial charge is 0.336 e. The first-order chi connectivity index (χ1) is 11.2. The van der Waals surface area contributed by atoms with E-state index >= 15 is 0 Å². The summed E-state index contributed by atoms with van der Waals surface area (Å²) in [5.74, 6) is 2.10. The van der Waals surface area contributed by atoms with Gasteiger partial charge in [-0.2, -0.15) is 0 Å². The zero-order valence-electron chi connectivity index (χ0n) is 14.1. The summed E-state index contributed by atoms with van der Waals surface area (Å²) in [4.78, 5) is 16.2. The predicted molar refractivity (Wildman–Crippen MR) is 107 cm³/mol. The zero-order valence-corrected chi connectivity index (χ0v) is 17.3. The fourth-order valence-electron chi connectivity index (χ4n) is 3.67. The van der Waals surface area contributed by atoms with Gasteiger partial charge in [-0.1, -0.05) is 15.9 Å². The van der Waals surface area contributed by atoms with Gasteiger partial charge in [0.15, 0.2) is 0 Å². The number of hydrogen-bond acceptors (Lipinski definition) is 3. The second-order valence-electron chi connectivity index (χ2n) is 6.41. The highest BCUT2D eigenvalue weighted by Gasteiger charge is 2.29. The molecule has 24 heavy (non-hydrogen) atoms. The van der Waals surface area contributed by atoms with Gasteiger partial charge < -0.3 is 10.2 Å². The average molecular weight is 434 g/mol. The van der Waals surface area contributed by atoms with Crippen molar-refractivity contribution >= 4 is 46.0 Å². The lowest BCUT2D eigenvalue weighted by Crippen LogP contribution is -2.36. The average Bonchev–Trinajstić information content (AvgIpc) is 3.07. The maximum atomic E-state index is 12.8. The lowest BCUT2D eigenvalue weighted by Gasteiger charge is -2.35. The van der Waals surface area contributed by atoms with E-state index < -0.39 is 0 Å². The molecule has 0 bridgehead atoms. The van der Waals surface area contributed by atoms with Crippen LogP contribution in [-0.4, -0.2) is 36.2 Å². The summed E-state index contributed by atoms with van der Waals surface area (Å²) in [6.07, 6.45) is 3.98. The summed E-state index contributed by atoms with van der Waals surface area (Å²) in [5.41, 5.74) is 1.31. The van der Waals surface area contributed by atoms with Crippen LogP contribution in [0.15, 0.2) is 27.6 Å². The van der Waals surface area contributed by atoms with Crippen molar-refractivity contribution in [1.29, 1.82) is 0 Å². The minimum atomic E-state index is 0. The Morgan fingerprint density at radius 2 is 2.25 bits per heavy atom. The number of nitrogens with one attached hydrogen (secondary N) is 1. The minimum absolute atomic E-state index is 0. The van der Waals surface area contributed by atoms with Crippen molar-refractivity contribution in [2.45, 2.75) is 43.5 Å². The number of benzene rings is 1. The molecule has 3 nitrogen and oxygen atoms in total. The molecular weight excluding hydrogens is 408 g/mol. The van der Waals surface area contributed by atoms with Crippen molar-refractivity contribution in [2.75, 3.05) is 25.4 Å². The van der Waals surface area contributed by atoms with Crippen LogP contribution in [0.5, 0.6) is 0 Å². The van der Waals surface area contributed by atoms with Crippen LogP contribution in [-0.2, 0) is 4.79 Å². The van der Waals surface area contributed by atoms with Crippen LogP contribution >= 0.6 is 40.1 Å². The highest BCUT2D eigenvalue weighted by molar-refractivity contribution is 9.10. The van der Waals surface area contributed by atoms with Crippen molar-refractivity contribution in [3.05, 3.63) is 28.2 Å². The Balaban J connectivity index is 0.00000208. The van der Waals surface area contributed by atoms with Crippen molar-refractivity contribution in [3.63, 3.8) is 0 Å². The quantitative estimate of drug-likeness (QED) is 0.734. The van der Waals surface area contributed by atoms with E-state index in [2.05, 4.69) is 51.3 Å². The molecule has 2 heterocycles. The Morgan fingerprint density at radius 3 is 2.96 bits per heavy atom. The van der Waals surface area contributed by atoms with E-state index in [1.54, 1.807) is 0 Å². The lowest BCUT2D eigenvalue weighted by atomic mass is 9.99. The number of thioether (sulfide) groups is 1. The Bertz CT molecular complexity index is 566. The normalized spacial score (nSPS) is 22.6. The number of halogens is 2. The molecule has 1 amide bonds. The second kappa shape index (κ2) is 9.46. The van der Waals surface area contributed by atoms with Crippen LogP contribution in [0, 0.1) is 5.92 Å². The number of carbonyl (C=O) groups excluding carboxylic acids is 1. The molecule has 1 fully saturated rings. The molecule has 134 valence electrons. The van der Waals surface area contributed by atoms with Crippen LogP contribution in [0.3, 0.4) is 0 Å². The number of hydrogen-bond donors (Lipinski definition) is 1. The van der Waals surface area contributed by atoms with Crippen molar-refractivity contribution in [3.8, 4) is 0 Å². The van der Waals surface area contributed by atoms with Gasteiger partial charge in [0.05, 0.1) is 6.04 Å². The first-order valence-electron chi connectivity index (χ1n) is 8.61. The van der Waals surface area contributed by atoms with Crippen molar-refractivity contribution in [2.24, 2.45) is 5.92 Å².